The monoisotopic (exact) mass is 230 g/mol. The number of ketones is 1. The van der Waals surface area contributed by atoms with Gasteiger partial charge < -0.3 is 4.74 Å². The second-order valence-electron chi connectivity index (χ2n) is 3.80. The van der Waals surface area contributed by atoms with Crippen molar-refractivity contribution in [1.82, 2.24) is 0 Å². The Balaban J connectivity index is 2.40. The summed E-state index contributed by atoms with van der Waals surface area (Å²) in [6.07, 6.45) is -4.41. The zero-order valence-corrected chi connectivity index (χ0v) is 8.47. The molecular weight excluding hydrogens is 221 g/mol. The lowest BCUT2D eigenvalue weighted by molar-refractivity contribution is -0.274. The van der Waals surface area contributed by atoms with E-state index in [-0.39, 0.29) is 17.5 Å². The van der Waals surface area contributed by atoms with Crippen LogP contribution in [-0.2, 0) is 6.42 Å². The average Bonchev–Trinajstić information content (AvgIpc) is 2.43. The SMILES string of the molecule is CC1Cc2c(OC(F)(F)F)cccc2C1=O. The number of carbonyl (C=O) groups excluding carboxylic acids is 1. The summed E-state index contributed by atoms with van der Waals surface area (Å²) in [5.41, 5.74) is 0.701. The van der Waals surface area contributed by atoms with Crippen molar-refractivity contribution in [2.24, 2.45) is 5.92 Å². The molecule has 0 aliphatic heterocycles. The molecular formula is C11H9F3O2. The molecule has 0 saturated carbocycles. The van der Waals surface area contributed by atoms with Crippen LogP contribution < -0.4 is 4.74 Å². The van der Waals surface area contributed by atoms with Crippen LogP contribution in [0.25, 0.3) is 0 Å². The maximum atomic E-state index is 12.1. The minimum absolute atomic E-state index is 0.123. The van der Waals surface area contributed by atoms with Crippen LogP contribution in [0.2, 0.25) is 0 Å². The molecule has 16 heavy (non-hydrogen) atoms. The van der Waals surface area contributed by atoms with E-state index in [0.29, 0.717) is 17.5 Å². The van der Waals surface area contributed by atoms with Crippen molar-refractivity contribution < 1.29 is 22.7 Å². The van der Waals surface area contributed by atoms with Crippen LogP contribution in [0.5, 0.6) is 5.75 Å². The van der Waals surface area contributed by atoms with Crippen LogP contribution in [0.3, 0.4) is 0 Å². The Bertz CT molecular complexity index is 437. The highest BCUT2D eigenvalue weighted by Gasteiger charge is 2.35. The summed E-state index contributed by atoms with van der Waals surface area (Å²) in [5.74, 6) is -0.654. The highest BCUT2D eigenvalue weighted by Crippen LogP contribution is 2.35. The van der Waals surface area contributed by atoms with Gasteiger partial charge in [-0.15, -0.1) is 13.2 Å². The molecule has 86 valence electrons. The first-order valence-corrected chi connectivity index (χ1v) is 4.80. The summed E-state index contributed by atoms with van der Waals surface area (Å²) in [6, 6.07) is 4.16. The summed E-state index contributed by atoms with van der Waals surface area (Å²) in [5, 5.41) is 0. The summed E-state index contributed by atoms with van der Waals surface area (Å²) in [7, 11) is 0. The van der Waals surface area contributed by atoms with Gasteiger partial charge >= 0.3 is 6.36 Å². The summed E-state index contributed by atoms with van der Waals surface area (Å²) in [6.45, 7) is 1.69. The molecule has 0 saturated heterocycles. The lowest BCUT2D eigenvalue weighted by atomic mass is 10.1. The van der Waals surface area contributed by atoms with Gasteiger partial charge in [0, 0.05) is 17.0 Å². The number of benzene rings is 1. The fourth-order valence-corrected chi connectivity index (χ4v) is 1.89. The first kappa shape index (κ1) is 11.0. The van der Waals surface area contributed by atoms with Crippen molar-refractivity contribution in [3.8, 4) is 5.75 Å². The minimum Gasteiger partial charge on any atom is -0.405 e. The Kier molecular flexibility index (Phi) is 2.40. The van der Waals surface area contributed by atoms with Gasteiger partial charge in [0.15, 0.2) is 5.78 Å². The van der Waals surface area contributed by atoms with Gasteiger partial charge in [0.1, 0.15) is 5.75 Å². The van der Waals surface area contributed by atoms with Crippen molar-refractivity contribution in [2.45, 2.75) is 19.7 Å². The number of carbonyl (C=O) groups is 1. The van der Waals surface area contributed by atoms with Crippen molar-refractivity contribution >= 4 is 5.78 Å². The van der Waals surface area contributed by atoms with Gasteiger partial charge in [0.2, 0.25) is 0 Å². The molecule has 0 heterocycles. The number of ether oxygens (including phenoxy) is 1. The van der Waals surface area contributed by atoms with Crippen LogP contribution in [0.4, 0.5) is 13.2 Å². The topological polar surface area (TPSA) is 26.3 Å². The average molecular weight is 230 g/mol. The third kappa shape index (κ3) is 1.89. The quantitative estimate of drug-likeness (QED) is 0.741. The zero-order valence-electron chi connectivity index (χ0n) is 8.47. The fourth-order valence-electron chi connectivity index (χ4n) is 1.89. The molecule has 1 aliphatic rings. The van der Waals surface area contributed by atoms with Crippen LogP contribution in [0.15, 0.2) is 18.2 Å². The molecule has 0 aromatic heterocycles. The third-order valence-corrected chi connectivity index (χ3v) is 2.58. The van der Waals surface area contributed by atoms with E-state index in [4.69, 9.17) is 0 Å². The molecule has 0 N–H and O–H groups in total. The Hall–Kier alpha value is -1.52. The van der Waals surface area contributed by atoms with Gasteiger partial charge in [-0.2, -0.15) is 0 Å². The van der Waals surface area contributed by atoms with Gasteiger partial charge in [0.25, 0.3) is 0 Å². The molecule has 1 aliphatic carbocycles. The van der Waals surface area contributed by atoms with E-state index in [1.165, 1.54) is 18.2 Å². The molecule has 2 rings (SSSR count). The summed E-state index contributed by atoms with van der Waals surface area (Å²) in [4.78, 5) is 11.6. The molecule has 1 aromatic carbocycles. The number of hydrogen-bond acceptors (Lipinski definition) is 2. The second kappa shape index (κ2) is 3.50. The molecule has 2 nitrogen and oxygen atoms in total. The first-order valence-electron chi connectivity index (χ1n) is 4.80. The van der Waals surface area contributed by atoms with Crippen molar-refractivity contribution in [2.75, 3.05) is 0 Å². The van der Waals surface area contributed by atoms with Crippen molar-refractivity contribution in [3.63, 3.8) is 0 Å². The van der Waals surface area contributed by atoms with E-state index in [1.807, 2.05) is 0 Å². The Morgan fingerprint density at radius 3 is 2.69 bits per heavy atom. The molecule has 0 bridgehead atoms. The first-order chi connectivity index (χ1) is 7.38. The van der Waals surface area contributed by atoms with Gasteiger partial charge in [-0.3, -0.25) is 4.79 Å². The van der Waals surface area contributed by atoms with E-state index >= 15 is 0 Å². The second-order valence-corrected chi connectivity index (χ2v) is 3.80. The van der Waals surface area contributed by atoms with Crippen LogP contribution in [-0.4, -0.2) is 12.1 Å². The lowest BCUT2D eigenvalue weighted by Crippen LogP contribution is -2.18. The van der Waals surface area contributed by atoms with Crippen LogP contribution >= 0.6 is 0 Å². The maximum Gasteiger partial charge on any atom is 0.573 e. The number of fused-ring (bicyclic) bond motifs is 1. The van der Waals surface area contributed by atoms with E-state index in [9.17, 15) is 18.0 Å². The molecule has 0 radical (unpaired) electrons. The van der Waals surface area contributed by atoms with Gasteiger partial charge in [-0.25, -0.2) is 0 Å². The Morgan fingerprint density at radius 2 is 2.06 bits per heavy atom. The van der Waals surface area contributed by atoms with Gasteiger partial charge in [-0.1, -0.05) is 19.1 Å². The molecule has 1 atom stereocenters. The standard InChI is InChI=1S/C11H9F3O2/c1-6-5-8-7(10(6)15)3-2-4-9(8)16-11(12,13)14/h2-4,6H,5H2,1H3. The number of Topliss-reactive ketones (excluding diaryl/α,β-unsaturated/α-hetero) is 1. The number of alkyl halides is 3. The van der Waals surface area contributed by atoms with Crippen LogP contribution in [0.1, 0.15) is 22.8 Å². The third-order valence-electron chi connectivity index (χ3n) is 2.58. The van der Waals surface area contributed by atoms with Crippen LogP contribution in [0, 0.1) is 5.92 Å². The van der Waals surface area contributed by atoms with Gasteiger partial charge in [-0.05, 0) is 12.5 Å². The number of hydrogen-bond donors (Lipinski definition) is 0. The molecule has 1 unspecified atom stereocenters. The largest absolute Gasteiger partial charge is 0.573 e. The zero-order chi connectivity index (χ0) is 11.9. The maximum absolute atomic E-state index is 12.1. The van der Waals surface area contributed by atoms with E-state index in [1.54, 1.807) is 6.92 Å². The molecule has 0 spiro atoms. The predicted octanol–water partition coefficient (Wildman–Crippen LogP) is 2.96. The Labute approximate surface area is 90.0 Å². The molecule has 0 fully saturated rings. The highest BCUT2D eigenvalue weighted by molar-refractivity contribution is 6.02. The van der Waals surface area contributed by atoms with E-state index in [0.717, 1.165) is 0 Å². The van der Waals surface area contributed by atoms with Crippen molar-refractivity contribution in [1.29, 1.82) is 0 Å². The summed E-state index contributed by atoms with van der Waals surface area (Å²) >= 11 is 0. The molecule has 5 heteroatoms. The predicted molar refractivity (Wildman–Crippen MR) is 50.3 cm³/mol. The summed E-state index contributed by atoms with van der Waals surface area (Å²) < 4.78 is 40.2. The minimum atomic E-state index is -4.72. The van der Waals surface area contributed by atoms with E-state index < -0.39 is 6.36 Å². The smallest absolute Gasteiger partial charge is 0.405 e. The Morgan fingerprint density at radius 1 is 1.38 bits per heavy atom. The molecule has 1 aromatic rings. The normalized spacial score (nSPS) is 19.8. The number of rotatable bonds is 1. The molecule has 0 amide bonds. The van der Waals surface area contributed by atoms with Crippen molar-refractivity contribution in [3.05, 3.63) is 29.3 Å². The number of halogens is 3. The van der Waals surface area contributed by atoms with Gasteiger partial charge in [0.05, 0.1) is 0 Å². The van der Waals surface area contributed by atoms with E-state index in [2.05, 4.69) is 4.74 Å². The lowest BCUT2D eigenvalue weighted by Gasteiger charge is -2.11. The fraction of sp³-hybridized carbons (Fsp3) is 0.364. The highest BCUT2D eigenvalue weighted by atomic mass is 19.4.